The molecule has 0 spiro atoms. The van der Waals surface area contributed by atoms with Crippen molar-refractivity contribution in [3.63, 3.8) is 0 Å². The number of amides is 1. The van der Waals surface area contributed by atoms with E-state index in [1.54, 1.807) is 0 Å². The minimum absolute atomic E-state index is 0.0644. The fraction of sp³-hybridized carbons (Fsp3) is 0.500. The van der Waals surface area contributed by atoms with Crippen molar-refractivity contribution in [3.8, 4) is 0 Å². The van der Waals surface area contributed by atoms with Gasteiger partial charge < -0.3 is 5.32 Å². The van der Waals surface area contributed by atoms with Gasteiger partial charge in [0.05, 0.1) is 5.75 Å². The van der Waals surface area contributed by atoms with E-state index in [-0.39, 0.29) is 11.7 Å². The van der Waals surface area contributed by atoms with Gasteiger partial charge in [0.2, 0.25) is 5.91 Å². The highest BCUT2D eigenvalue weighted by Crippen LogP contribution is 2.19. The molecule has 20 heavy (non-hydrogen) atoms. The molecule has 0 aliphatic heterocycles. The summed E-state index contributed by atoms with van der Waals surface area (Å²) in [5.74, 6) is 0.669. The molecular weight excluding hydrogens is 270 g/mol. The van der Waals surface area contributed by atoms with Crippen LogP contribution in [0.2, 0.25) is 0 Å². The van der Waals surface area contributed by atoms with Gasteiger partial charge >= 0.3 is 0 Å². The number of thioether (sulfide) groups is 1. The molecule has 0 fully saturated rings. The number of nitrogens with one attached hydrogen (secondary N) is 1. The number of carbonyl (C=O) groups is 2. The second kappa shape index (κ2) is 9.59. The first-order valence-electron chi connectivity index (χ1n) is 7.20. The van der Waals surface area contributed by atoms with Gasteiger partial charge in [-0.25, -0.2) is 0 Å². The van der Waals surface area contributed by atoms with E-state index < -0.39 is 0 Å². The maximum atomic E-state index is 11.7. The molecule has 1 aromatic carbocycles. The first-order chi connectivity index (χ1) is 9.67. The summed E-state index contributed by atoms with van der Waals surface area (Å²) in [4.78, 5) is 24.3. The Morgan fingerprint density at radius 1 is 1.10 bits per heavy atom. The Hall–Kier alpha value is -1.29. The van der Waals surface area contributed by atoms with Crippen molar-refractivity contribution < 1.29 is 9.59 Å². The summed E-state index contributed by atoms with van der Waals surface area (Å²) < 4.78 is 0. The van der Waals surface area contributed by atoms with Crippen molar-refractivity contribution in [1.29, 1.82) is 0 Å². The van der Waals surface area contributed by atoms with Crippen LogP contribution in [0.5, 0.6) is 0 Å². The molecule has 0 bridgehead atoms. The van der Waals surface area contributed by atoms with Gasteiger partial charge in [0.25, 0.3) is 0 Å². The van der Waals surface area contributed by atoms with Crippen LogP contribution in [0.1, 0.15) is 49.9 Å². The Labute approximate surface area is 125 Å². The number of unbranched alkanes of at least 4 members (excludes halogenated alkanes) is 1. The SMILES string of the molecule is CCCCNC(=O)CSc1ccc(C(=O)CCC)cc1. The standard InChI is InChI=1S/C16H23NO2S/c1-3-5-11-17-16(19)12-20-14-9-7-13(8-10-14)15(18)6-4-2/h7-10H,3-6,11-12H2,1-2H3,(H,17,19). The zero-order valence-corrected chi connectivity index (χ0v) is 13.1. The third-order valence-corrected chi connectivity index (χ3v) is 3.89. The second-order valence-corrected chi connectivity index (χ2v) is 5.74. The van der Waals surface area contributed by atoms with E-state index in [9.17, 15) is 9.59 Å². The van der Waals surface area contributed by atoms with E-state index in [4.69, 9.17) is 0 Å². The summed E-state index contributed by atoms with van der Waals surface area (Å²) in [7, 11) is 0. The Bertz CT molecular complexity index is 429. The predicted octanol–water partition coefficient (Wildman–Crippen LogP) is 3.68. The minimum Gasteiger partial charge on any atom is -0.355 e. The molecule has 0 aliphatic carbocycles. The molecule has 110 valence electrons. The number of hydrogen-bond donors (Lipinski definition) is 1. The van der Waals surface area contributed by atoms with Gasteiger partial charge in [-0.05, 0) is 25.0 Å². The number of rotatable bonds is 9. The normalized spacial score (nSPS) is 10.3. The van der Waals surface area contributed by atoms with Gasteiger partial charge in [0, 0.05) is 23.4 Å². The van der Waals surface area contributed by atoms with Crippen LogP contribution in [0.4, 0.5) is 0 Å². The van der Waals surface area contributed by atoms with Crippen LogP contribution in [0.25, 0.3) is 0 Å². The summed E-state index contributed by atoms with van der Waals surface area (Å²) in [6.45, 7) is 4.85. The van der Waals surface area contributed by atoms with E-state index in [2.05, 4.69) is 12.2 Å². The maximum Gasteiger partial charge on any atom is 0.230 e. The first-order valence-corrected chi connectivity index (χ1v) is 8.18. The molecule has 3 nitrogen and oxygen atoms in total. The summed E-state index contributed by atoms with van der Waals surface area (Å²) in [5.41, 5.74) is 0.753. The van der Waals surface area contributed by atoms with Crippen molar-refractivity contribution in [2.75, 3.05) is 12.3 Å². The summed E-state index contributed by atoms with van der Waals surface area (Å²) >= 11 is 1.50. The van der Waals surface area contributed by atoms with Crippen molar-refractivity contribution in [2.24, 2.45) is 0 Å². The average Bonchev–Trinajstić information content (AvgIpc) is 2.46. The van der Waals surface area contributed by atoms with Crippen LogP contribution >= 0.6 is 11.8 Å². The Morgan fingerprint density at radius 2 is 1.80 bits per heavy atom. The molecular formula is C16H23NO2S. The van der Waals surface area contributed by atoms with Gasteiger partial charge in [-0.15, -0.1) is 11.8 Å². The van der Waals surface area contributed by atoms with Crippen LogP contribution in [0.15, 0.2) is 29.2 Å². The summed E-state index contributed by atoms with van der Waals surface area (Å²) in [5, 5.41) is 2.89. The number of ketones is 1. The van der Waals surface area contributed by atoms with Crippen molar-refractivity contribution in [2.45, 2.75) is 44.4 Å². The molecule has 1 N–H and O–H groups in total. The largest absolute Gasteiger partial charge is 0.355 e. The molecule has 0 aromatic heterocycles. The molecule has 1 amide bonds. The number of carbonyl (C=O) groups excluding carboxylic acids is 2. The maximum absolute atomic E-state index is 11.7. The smallest absolute Gasteiger partial charge is 0.230 e. The third-order valence-electron chi connectivity index (χ3n) is 2.88. The quantitative estimate of drug-likeness (QED) is 0.429. The average molecular weight is 293 g/mol. The highest BCUT2D eigenvalue weighted by atomic mass is 32.2. The second-order valence-electron chi connectivity index (χ2n) is 4.69. The minimum atomic E-state index is 0.0644. The highest BCUT2D eigenvalue weighted by Gasteiger charge is 2.05. The molecule has 0 unspecified atom stereocenters. The Balaban J connectivity index is 2.38. The lowest BCUT2D eigenvalue weighted by atomic mass is 10.1. The first kappa shape index (κ1) is 16.8. The molecule has 0 atom stereocenters. The molecule has 1 aromatic rings. The van der Waals surface area contributed by atoms with E-state index >= 15 is 0 Å². The molecule has 0 heterocycles. The van der Waals surface area contributed by atoms with Crippen LogP contribution in [-0.4, -0.2) is 24.0 Å². The van der Waals surface area contributed by atoms with E-state index in [1.807, 2.05) is 31.2 Å². The predicted molar refractivity (Wildman–Crippen MR) is 84.3 cm³/mol. The van der Waals surface area contributed by atoms with E-state index in [0.717, 1.165) is 36.3 Å². The van der Waals surface area contributed by atoms with Crippen LogP contribution in [0.3, 0.4) is 0 Å². The van der Waals surface area contributed by atoms with Crippen LogP contribution in [-0.2, 0) is 4.79 Å². The molecule has 1 rings (SSSR count). The lowest BCUT2D eigenvalue weighted by Crippen LogP contribution is -2.25. The van der Waals surface area contributed by atoms with Gasteiger partial charge in [0.15, 0.2) is 5.78 Å². The number of Topliss-reactive ketones (excluding diaryl/α,β-unsaturated/α-hetero) is 1. The fourth-order valence-electron chi connectivity index (χ4n) is 1.71. The zero-order valence-electron chi connectivity index (χ0n) is 12.3. The van der Waals surface area contributed by atoms with E-state index in [0.29, 0.717) is 12.2 Å². The Kier molecular flexibility index (Phi) is 8.04. The summed E-state index contributed by atoms with van der Waals surface area (Å²) in [6.07, 6.45) is 3.56. The Morgan fingerprint density at radius 3 is 2.40 bits per heavy atom. The zero-order chi connectivity index (χ0) is 14.8. The topological polar surface area (TPSA) is 46.2 Å². The van der Waals surface area contributed by atoms with Crippen LogP contribution < -0.4 is 5.32 Å². The molecule has 0 radical (unpaired) electrons. The van der Waals surface area contributed by atoms with Crippen LogP contribution in [0, 0.1) is 0 Å². The lowest BCUT2D eigenvalue weighted by molar-refractivity contribution is -0.118. The fourth-order valence-corrected chi connectivity index (χ4v) is 2.44. The molecule has 4 heteroatoms. The van der Waals surface area contributed by atoms with Crippen molar-refractivity contribution in [3.05, 3.63) is 29.8 Å². The molecule has 0 aliphatic rings. The van der Waals surface area contributed by atoms with Gasteiger partial charge in [-0.3, -0.25) is 9.59 Å². The monoisotopic (exact) mass is 293 g/mol. The van der Waals surface area contributed by atoms with Gasteiger partial charge in [0.1, 0.15) is 0 Å². The van der Waals surface area contributed by atoms with Crippen molar-refractivity contribution in [1.82, 2.24) is 5.32 Å². The lowest BCUT2D eigenvalue weighted by Gasteiger charge is -2.05. The number of hydrogen-bond acceptors (Lipinski definition) is 3. The van der Waals surface area contributed by atoms with Crippen molar-refractivity contribution >= 4 is 23.5 Å². The number of benzene rings is 1. The van der Waals surface area contributed by atoms with Gasteiger partial charge in [-0.1, -0.05) is 32.4 Å². The van der Waals surface area contributed by atoms with E-state index in [1.165, 1.54) is 11.8 Å². The highest BCUT2D eigenvalue weighted by molar-refractivity contribution is 8.00. The van der Waals surface area contributed by atoms with Gasteiger partial charge in [-0.2, -0.15) is 0 Å². The summed E-state index contributed by atoms with van der Waals surface area (Å²) in [6, 6.07) is 7.50. The molecule has 0 saturated heterocycles. The third kappa shape index (κ3) is 6.24. The molecule has 0 saturated carbocycles.